The van der Waals surface area contributed by atoms with Gasteiger partial charge in [0, 0.05) is 29.5 Å². The van der Waals surface area contributed by atoms with E-state index in [1.54, 1.807) is 4.31 Å². The van der Waals surface area contributed by atoms with Gasteiger partial charge in [-0.2, -0.15) is 0 Å². The zero-order chi connectivity index (χ0) is 19.6. The number of fused-ring (bicyclic) bond motifs is 1. The molecule has 28 heavy (non-hydrogen) atoms. The third kappa shape index (κ3) is 4.27. The molecular formula is C20H21ClN4O2S. The van der Waals surface area contributed by atoms with E-state index in [0.717, 1.165) is 35.1 Å². The van der Waals surface area contributed by atoms with Crippen LogP contribution < -0.4 is 5.32 Å². The number of piperidine rings is 1. The number of benzene rings is 2. The minimum atomic E-state index is -3.31. The van der Waals surface area contributed by atoms with Crippen molar-refractivity contribution in [2.45, 2.75) is 24.6 Å². The molecule has 0 spiro atoms. The maximum atomic E-state index is 12.7. The summed E-state index contributed by atoms with van der Waals surface area (Å²) in [5.74, 6) is 0.802. The van der Waals surface area contributed by atoms with Crippen LogP contribution in [0.4, 0.5) is 5.82 Å². The van der Waals surface area contributed by atoms with Gasteiger partial charge in [-0.05, 0) is 36.6 Å². The van der Waals surface area contributed by atoms with Gasteiger partial charge in [0.2, 0.25) is 10.0 Å². The summed E-state index contributed by atoms with van der Waals surface area (Å²) >= 11 is 6.04. The van der Waals surface area contributed by atoms with Gasteiger partial charge in [0.15, 0.2) is 0 Å². The van der Waals surface area contributed by atoms with E-state index in [1.807, 2.05) is 48.5 Å². The lowest BCUT2D eigenvalue weighted by atomic mass is 10.1. The van der Waals surface area contributed by atoms with E-state index >= 15 is 0 Å². The monoisotopic (exact) mass is 416 g/mol. The molecule has 0 amide bonds. The number of halogens is 1. The predicted molar refractivity (Wildman–Crippen MR) is 112 cm³/mol. The molecule has 6 nitrogen and oxygen atoms in total. The Morgan fingerprint density at radius 2 is 1.82 bits per heavy atom. The first-order valence-corrected chi connectivity index (χ1v) is 11.2. The summed E-state index contributed by atoms with van der Waals surface area (Å²) < 4.78 is 27.0. The molecular weight excluding hydrogens is 396 g/mol. The molecule has 2 heterocycles. The van der Waals surface area contributed by atoms with E-state index in [-0.39, 0.29) is 11.8 Å². The van der Waals surface area contributed by atoms with Crippen molar-refractivity contribution in [1.29, 1.82) is 0 Å². The second-order valence-corrected chi connectivity index (χ2v) is 9.35. The van der Waals surface area contributed by atoms with Crippen LogP contribution >= 0.6 is 11.6 Å². The second-order valence-electron chi connectivity index (χ2n) is 6.94. The molecule has 0 unspecified atom stereocenters. The fraction of sp³-hybridized carbons (Fsp3) is 0.300. The number of rotatable bonds is 5. The van der Waals surface area contributed by atoms with Crippen molar-refractivity contribution in [2.24, 2.45) is 0 Å². The van der Waals surface area contributed by atoms with Crippen molar-refractivity contribution in [2.75, 3.05) is 18.4 Å². The van der Waals surface area contributed by atoms with Crippen molar-refractivity contribution in [3.8, 4) is 0 Å². The second kappa shape index (κ2) is 8.03. The topological polar surface area (TPSA) is 75.2 Å². The number of hydrogen-bond donors (Lipinski definition) is 1. The Morgan fingerprint density at radius 1 is 1.07 bits per heavy atom. The number of aromatic nitrogens is 2. The molecule has 1 fully saturated rings. The number of anilines is 1. The summed E-state index contributed by atoms with van der Waals surface area (Å²) in [7, 11) is -3.31. The van der Waals surface area contributed by atoms with Crippen molar-refractivity contribution >= 4 is 38.3 Å². The third-order valence-corrected chi connectivity index (χ3v) is 7.06. The zero-order valence-corrected chi connectivity index (χ0v) is 16.8. The molecule has 0 atom stereocenters. The van der Waals surface area contributed by atoms with E-state index in [1.165, 1.54) is 6.33 Å². The molecule has 1 saturated heterocycles. The lowest BCUT2D eigenvalue weighted by Crippen LogP contribution is -2.42. The minimum Gasteiger partial charge on any atom is -0.367 e. The lowest BCUT2D eigenvalue weighted by Gasteiger charge is -2.32. The number of hydrogen-bond acceptors (Lipinski definition) is 5. The largest absolute Gasteiger partial charge is 0.367 e. The molecule has 3 aromatic rings. The lowest BCUT2D eigenvalue weighted by molar-refractivity contribution is 0.329. The average molecular weight is 417 g/mol. The van der Waals surface area contributed by atoms with Gasteiger partial charge in [-0.1, -0.05) is 41.9 Å². The smallest absolute Gasteiger partial charge is 0.218 e. The molecule has 146 valence electrons. The molecule has 8 heteroatoms. The molecule has 1 aromatic heterocycles. The van der Waals surface area contributed by atoms with Gasteiger partial charge in [-0.25, -0.2) is 22.7 Å². The Kier molecular flexibility index (Phi) is 5.48. The van der Waals surface area contributed by atoms with Crippen LogP contribution in [0.1, 0.15) is 18.4 Å². The molecule has 0 bridgehead atoms. The number of nitrogens with one attached hydrogen (secondary N) is 1. The van der Waals surface area contributed by atoms with Crippen LogP contribution in [0.2, 0.25) is 5.02 Å². The Labute approximate surface area is 169 Å². The SMILES string of the molecule is O=S(=O)(Cc1ccccc1)N1CCC(Nc2ncnc3cc(Cl)ccc23)CC1. The Bertz CT molecular complexity index is 1070. The summed E-state index contributed by atoms with van der Waals surface area (Å²) in [6, 6.07) is 15.0. The summed E-state index contributed by atoms with van der Waals surface area (Å²) in [5.41, 5.74) is 1.60. The molecule has 0 radical (unpaired) electrons. The van der Waals surface area contributed by atoms with Crippen LogP contribution in [0.25, 0.3) is 10.9 Å². The molecule has 0 aliphatic carbocycles. The van der Waals surface area contributed by atoms with Gasteiger partial charge in [-0.3, -0.25) is 0 Å². The van der Waals surface area contributed by atoms with Crippen molar-refractivity contribution in [1.82, 2.24) is 14.3 Å². The standard InChI is InChI=1S/C20H21ClN4O2S/c21-16-6-7-18-19(12-16)22-14-23-20(18)24-17-8-10-25(11-9-17)28(26,27)13-15-4-2-1-3-5-15/h1-7,12,14,17H,8-11,13H2,(H,22,23,24). The minimum absolute atomic E-state index is 0.0449. The highest BCUT2D eigenvalue weighted by Gasteiger charge is 2.28. The maximum absolute atomic E-state index is 12.7. The quantitative estimate of drug-likeness (QED) is 0.686. The van der Waals surface area contributed by atoms with Crippen LogP contribution in [0.15, 0.2) is 54.9 Å². The van der Waals surface area contributed by atoms with Crippen LogP contribution in [0, 0.1) is 0 Å². The highest BCUT2D eigenvalue weighted by molar-refractivity contribution is 7.88. The summed E-state index contributed by atoms with van der Waals surface area (Å²) in [4.78, 5) is 8.61. The zero-order valence-electron chi connectivity index (χ0n) is 15.3. The Morgan fingerprint density at radius 3 is 2.57 bits per heavy atom. The first-order valence-electron chi connectivity index (χ1n) is 9.20. The number of sulfonamides is 1. The summed E-state index contributed by atoms with van der Waals surface area (Å²) in [6.45, 7) is 1.00. The molecule has 1 aliphatic heterocycles. The van der Waals surface area contributed by atoms with Gasteiger partial charge >= 0.3 is 0 Å². The van der Waals surface area contributed by atoms with E-state index in [2.05, 4.69) is 15.3 Å². The first kappa shape index (κ1) is 19.1. The van der Waals surface area contributed by atoms with E-state index in [4.69, 9.17) is 11.6 Å². The van der Waals surface area contributed by atoms with E-state index in [0.29, 0.717) is 18.1 Å². The molecule has 0 saturated carbocycles. The molecule has 1 aliphatic rings. The molecule has 2 aromatic carbocycles. The van der Waals surface area contributed by atoms with Gasteiger partial charge < -0.3 is 5.32 Å². The highest BCUT2D eigenvalue weighted by Crippen LogP contribution is 2.25. The van der Waals surface area contributed by atoms with Crippen molar-refractivity contribution < 1.29 is 8.42 Å². The molecule has 1 N–H and O–H groups in total. The van der Waals surface area contributed by atoms with Crippen LogP contribution in [-0.2, 0) is 15.8 Å². The van der Waals surface area contributed by atoms with Crippen LogP contribution in [0.3, 0.4) is 0 Å². The van der Waals surface area contributed by atoms with Gasteiger partial charge in [0.1, 0.15) is 12.1 Å². The molecule has 4 rings (SSSR count). The highest BCUT2D eigenvalue weighted by atomic mass is 35.5. The van der Waals surface area contributed by atoms with Crippen LogP contribution in [0.5, 0.6) is 0 Å². The van der Waals surface area contributed by atoms with Gasteiger partial charge in [0.25, 0.3) is 0 Å². The third-order valence-electron chi connectivity index (χ3n) is 4.98. The normalized spacial score (nSPS) is 16.3. The van der Waals surface area contributed by atoms with Crippen molar-refractivity contribution in [3.05, 3.63) is 65.4 Å². The Hall–Kier alpha value is -2.22. The Balaban J connectivity index is 1.41. The van der Waals surface area contributed by atoms with Gasteiger partial charge in [-0.15, -0.1) is 0 Å². The average Bonchev–Trinajstić information content (AvgIpc) is 2.69. The van der Waals surface area contributed by atoms with Crippen molar-refractivity contribution in [3.63, 3.8) is 0 Å². The van der Waals surface area contributed by atoms with Gasteiger partial charge in [0.05, 0.1) is 11.3 Å². The fourth-order valence-corrected chi connectivity index (χ4v) is 5.22. The van der Waals surface area contributed by atoms with E-state index < -0.39 is 10.0 Å². The summed E-state index contributed by atoms with van der Waals surface area (Å²) in [6.07, 6.45) is 2.97. The predicted octanol–water partition coefficient (Wildman–Crippen LogP) is 3.69. The fourth-order valence-electron chi connectivity index (χ4n) is 3.49. The first-order chi connectivity index (χ1) is 13.5. The van der Waals surface area contributed by atoms with E-state index in [9.17, 15) is 8.42 Å². The van der Waals surface area contributed by atoms with Crippen LogP contribution in [-0.4, -0.2) is 41.8 Å². The number of nitrogens with zero attached hydrogens (tertiary/aromatic N) is 3. The maximum Gasteiger partial charge on any atom is 0.218 e. The summed E-state index contributed by atoms with van der Waals surface area (Å²) in [5, 5.41) is 4.99.